The third-order valence-corrected chi connectivity index (χ3v) is 3.12. The highest BCUT2D eigenvalue weighted by molar-refractivity contribution is 5.76. The van der Waals surface area contributed by atoms with Gasteiger partial charge in [0.25, 0.3) is 0 Å². The molecule has 0 radical (unpaired) electrons. The summed E-state index contributed by atoms with van der Waals surface area (Å²) >= 11 is 0. The molecule has 2 rings (SSSR count). The number of nitrogens with one attached hydrogen (secondary N) is 1. The number of benzene rings is 1. The van der Waals surface area contributed by atoms with E-state index in [4.69, 9.17) is 5.73 Å². The van der Waals surface area contributed by atoms with Crippen molar-refractivity contribution in [2.24, 2.45) is 12.8 Å². The maximum atomic E-state index is 5.71. The Hall–Kier alpha value is -1.39. The van der Waals surface area contributed by atoms with Gasteiger partial charge in [0.05, 0.1) is 11.0 Å². The van der Waals surface area contributed by atoms with Crippen LogP contribution >= 0.6 is 0 Å². The Morgan fingerprint density at radius 2 is 2.25 bits per heavy atom. The van der Waals surface area contributed by atoms with Gasteiger partial charge in [-0.3, -0.25) is 0 Å². The Bertz CT molecular complexity index is 497. The number of rotatable bonds is 3. The van der Waals surface area contributed by atoms with Gasteiger partial charge in [0.15, 0.2) is 0 Å². The molecule has 4 heteroatoms. The van der Waals surface area contributed by atoms with Gasteiger partial charge in [-0.2, -0.15) is 0 Å². The van der Waals surface area contributed by atoms with Crippen LogP contribution in [0, 0.1) is 6.92 Å². The van der Waals surface area contributed by atoms with E-state index in [-0.39, 0.29) is 6.04 Å². The lowest BCUT2D eigenvalue weighted by Crippen LogP contribution is -2.24. The summed E-state index contributed by atoms with van der Waals surface area (Å²) < 4.78 is 2.09. The van der Waals surface area contributed by atoms with Gasteiger partial charge in [-0.15, -0.1) is 0 Å². The second-order valence-electron chi connectivity index (χ2n) is 4.04. The third kappa shape index (κ3) is 1.70. The van der Waals surface area contributed by atoms with E-state index in [2.05, 4.69) is 33.1 Å². The molecule has 0 fully saturated rings. The highest BCUT2D eigenvalue weighted by Gasteiger charge is 2.10. The molecule has 0 spiro atoms. The van der Waals surface area contributed by atoms with Crippen molar-refractivity contribution in [2.75, 3.05) is 13.6 Å². The molecule has 1 aromatic carbocycles. The second-order valence-corrected chi connectivity index (χ2v) is 4.04. The molecule has 0 saturated carbocycles. The molecule has 0 bridgehead atoms. The van der Waals surface area contributed by atoms with Crippen molar-refractivity contribution in [2.45, 2.75) is 13.0 Å². The lowest BCUT2D eigenvalue weighted by molar-refractivity contribution is 0.606. The van der Waals surface area contributed by atoms with Crippen LogP contribution in [0.4, 0.5) is 0 Å². The van der Waals surface area contributed by atoms with Gasteiger partial charge >= 0.3 is 0 Å². The predicted molar refractivity (Wildman–Crippen MR) is 66.3 cm³/mol. The SMILES string of the molecule is CNC(CN)c1ccc2c(c1)nc(C)n2C. The average molecular weight is 218 g/mol. The van der Waals surface area contributed by atoms with Gasteiger partial charge in [-0.05, 0) is 31.7 Å². The minimum absolute atomic E-state index is 0.201. The second kappa shape index (κ2) is 4.23. The molecule has 0 amide bonds. The number of fused-ring (bicyclic) bond motifs is 1. The lowest BCUT2D eigenvalue weighted by atomic mass is 10.1. The first-order valence-corrected chi connectivity index (χ1v) is 5.47. The van der Waals surface area contributed by atoms with E-state index < -0.39 is 0 Å². The van der Waals surface area contributed by atoms with Crippen LogP contribution in [-0.2, 0) is 7.05 Å². The Kier molecular flexibility index (Phi) is 2.94. The highest BCUT2D eigenvalue weighted by Crippen LogP contribution is 2.20. The predicted octanol–water partition coefficient (Wildman–Crippen LogP) is 1.10. The van der Waals surface area contributed by atoms with Crippen LogP contribution < -0.4 is 11.1 Å². The number of hydrogen-bond acceptors (Lipinski definition) is 3. The summed E-state index contributed by atoms with van der Waals surface area (Å²) in [6.45, 7) is 2.60. The summed E-state index contributed by atoms with van der Waals surface area (Å²) in [5.74, 6) is 1.03. The van der Waals surface area contributed by atoms with Crippen molar-refractivity contribution in [3.63, 3.8) is 0 Å². The quantitative estimate of drug-likeness (QED) is 0.811. The lowest BCUT2D eigenvalue weighted by Gasteiger charge is -2.13. The minimum atomic E-state index is 0.201. The van der Waals surface area contributed by atoms with Crippen LogP contribution in [0.15, 0.2) is 18.2 Å². The molecule has 1 aromatic heterocycles. The molecule has 0 aliphatic rings. The molecule has 2 aromatic rings. The molecule has 3 N–H and O–H groups in total. The molecule has 86 valence electrons. The minimum Gasteiger partial charge on any atom is -0.331 e. The molecule has 0 aliphatic carbocycles. The number of likely N-dealkylation sites (N-methyl/N-ethyl adjacent to an activating group) is 1. The fourth-order valence-electron chi connectivity index (χ4n) is 1.97. The van der Waals surface area contributed by atoms with Gasteiger partial charge in [-0.25, -0.2) is 4.98 Å². The average Bonchev–Trinajstić information content (AvgIpc) is 2.56. The molecular weight excluding hydrogens is 200 g/mol. The van der Waals surface area contributed by atoms with E-state index in [0.29, 0.717) is 6.54 Å². The van der Waals surface area contributed by atoms with Crippen LogP contribution in [0.5, 0.6) is 0 Å². The van der Waals surface area contributed by atoms with E-state index in [1.165, 1.54) is 5.56 Å². The number of aromatic nitrogens is 2. The normalized spacial score (nSPS) is 13.2. The van der Waals surface area contributed by atoms with Crippen LogP contribution in [0.2, 0.25) is 0 Å². The number of nitrogens with zero attached hydrogens (tertiary/aromatic N) is 2. The number of hydrogen-bond donors (Lipinski definition) is 2. The summed E-state index contributed by atoms with van der Waals surface area (Å²) in [6.07, 6.45) is 0. The molecule has 1 atom stereocenters. The maximum absolute atomic E-state index is 5.71. The topological polar surface area (TPSA) is 55.9 Å². The number of imidazole rings is 1. The van der Waals surface area contributed by atoms with E-state index in [1.54, 1.807) is 0 Å². The summed E-state index contributed by atoms with van der Waals surface area (Å²) in [5, 5.41) is 3.19. The first-order chi connectivity index (χ1) is 7.67. The Labute approximate surface area is 95.5 Å². The molecule has 1 unspecified atom stereocenters. The molecule has 4 nitrogen and oxygen atoms in total. The zero-order valence-electron chi connectivity index (χ0n) is 9.99. The Morgan fingerprint density at radius 1 is 1.50 bits per heavy atom. The van der Waals surface area contributed by atoms with Crippen molar-refractivity contribution in [3.05, 3.63) is 29.6 Å². The standard InChI is InChI=1S/C12H18N4/c1-8-15-10-6-9(11(7-13)14-2)4-5-12(10)16(8)3/h4-6,11,14H,7,13H2,1-3H3. The summed E-state index contributed by atoms with van der Waals surface area (Å²) in [7, 11) is 3.95. The fraction of sp³-hybridized carbons (Fsp3) is 0.417. The van der Waals surface area contributed by atoms with Gasteiger partial charge in [-0.1, -0.05) is 6.07 Å². The molecular formula is C12H18N4. The molecule has 1 heterocycles. The highest BCUT2D eigenvalue weighted by atomic mass is 15.0. The van der Waals surface area contributed by atoms with E-state index in [9.17, 15) is 0 Å². The Balaban J connectivity index is 2.52. The van der Waals surface area contributed by atoms with Gasteiger partial charge in [0, 0.05) is 19.6 Å². The first-order valence-electron chi connectivity index (χ1n) is 5.47. The summed E-state index contributed by atoms with van der Waals surface area (Å²) in [5.41, 5.74) is 9.09. The van der Waals surface area contributed by atoms with Crippen LogP contribution in [0.3, 0.4) is 0 Å². The van der Waals surface area contributed by atoms with E-state index >= 15 is 0 Å². The third-order valence-electron chi connectivity index (χ3n) is 3.12. The van der Waals surface area contributed by atoms with Crippen LogP contribution in [-0.4, -0.2) is 23.1 Å². The summed E-state index contributed by atoms with van der Waals surface area (Å²) in [4.78, 5) is 4.52. The molecule has 0 saturated heterocycles. The Morgan fingerprint density at radius 3 is 2.88 bits per heavy atom. The molecule has 16 heavy (non-hydrogen) atoms. The smallest absolute Gasteiger partial charge is 0.106 e. The van der Waals surface area contributed by atoms with Gasteiger partial charge in [0.1, 0.15) is 5.82 Å². The zero-order chi connectivity index (χ0) is 11.7. The summed E-state index contributed by atoms with van der Waals surface area (Å²) in [6, 6.07) is 6.52. The fourth-order valence-corrected chi connectivity index (χ4v) is 1.97. The van der Waals surface area contributed by atoms with E-state index in [1.807, 2.05) is 21.0 Å². The largest absolute Gasteiger partial charge is 0.331 e. The maximum Gasteiger partial charge on any atom is 0.106 e. The monoisotopic (exact) mass is 218 g/mol. The van der Waals surface area contributed by atoms with Crippen LogP contribution in [0.1, 0.15) is 17.4 Å². The van der Waals surface area contributed by atoms with Crippen molar-refractivity contribution in [1.29, 1.82) is 0 Å². The number of aryl methyl sites for hydroxylation is 2. The van der Waals surface area contributed by atoms with Gasteiger partial charge < -0.3 is 15.6 Å². The van der Waals surface area contributed by atoms with Crippen LogP contribution in [0.25, 0.3) is 11.0 Å². The van der Waals surface area contributed by atoms with Crippen molar-refractivity contribution in [3.8, 4) is 0 Å². The molecule has 0 aliphatic heterocycles. The van der Waals surface area contributed by atoms with Crippen molar-refractivity contribution < 1.29 is 0 Å². The zero-order valence-corrected chi connectivity index (χ0v) is 9.99. The van der Waals surface area contributed by atoms with Crippen molar-refractivity contribution in [1.82, 2.24) is 14.9 Å². The van der Waals surface area contributed by atoms with Crippen molar-refractivity contribution >= 4 is 11.0 Å². The van der Waals surface area contributed by atoms with Gasteiger partial charge in [0.2, 0.25) is 0 Å². The first kappa shape index (κ1) is 11.1. The number of nitrogens with two attached hydrogens (primary N) is 1. The van der Waals surface area contributed by atoms with E-state index in [0.717, 1.165) is 16.9 Å².